The molecule has 20 heavy (non-hydrogen) atoms. The lowest BCUT2D eigenvalue weighted by molar-refractivity contribution is 0.0312. The first-order chi connectivity index (χ1) is 9.74. The predicted octanol–water partition coefficient (Wildman–Crippen LogP) is 2.74. The fraction of sp³-hybridized carbons (Fsp3) is 0.688. The summed E-state index contributed by atoms with van der Waals surface area (Å²) in [5.41, 5.74) is 0.935. The van der Waals surface area contributed by atoms with Crippen molar-refractivity contribution in [3.8, 4) is 0 Å². The van der Waals surface area contributed by atoms with Gasteiger partial charge in [-0.3, -0.25) is 9.88 Å². The molecule has 1 aliphatic heterocycles. The molecule has 1 aliphatic carbocycles. The molecule has 2 aliphatic rings. The Balaban J connectivity index is 1.72. The van der Waals surface area contributed by atoms with Crippen LogP contribution in [0.4, 0.5) is 4.39 Å². The second-order valence-electron chi connectivity index (χ2n) is 6.21. The van der Waals surface area contributed by atoms with E-state index in [0.29, 0.717) is 12.0 Å². The maximum absolute atomic E-state index is 13.3. The number of halogens is 1. The van der Waals surface area contributed by atoms with Gasteiger partial charge in [0.05, 0.1) is 12.3 Å². The summed E-state index contributed by atoms with van der Waals surface area (Å²) in [6.07, 6.45) is 9.65. The van der Waals surface area contributed by atoms with Crippen LogP contribution in [-0.2, 0) is 6.54 Å². The van der Waals surface area contributed by atoms with Crippen LogP contribution in [0.2, 0.25) is 0 Å². The van der Waals surface area contributed by atoms with Gasteiger partial charge in [0.1, 0.15) is 5.82 Å². The van der Waals surface area contributed by atoms with Gasteiger partial charge in [-0.1, -0.05) is 12.8 Å². The van der Waals surface area contributed by atoms with Gasteiger partial charge in [-0.2, -0.15) is 0 Å². The monoisotopic (exact) mass is 278 g/mol. The van der Waals surface area contributed by atoms with Crippen molar-refractivity contribution < 1.29 is 9.50 Å². The van der Waals surface area contributed by atoms with Gasteiger partial charge >= 0.3 is 0 Å². The summed E-state index contributed by atoms with van der Waals surface area (Å²) >= 11 is 0. The van der Waals surface area contributed by atoms with Crippen LogP contribution in [0.3, 0.4) is 0 Å². The zero-order chi connectivity index (χ0) is 13.9. The van der Waals surface area contributed by atoms with E-state index in [1.54, 1.807) is 12.3 Å². The highest BCUT2D eigenvalue weighted by molar-refractivity contribution is 5.10. The van der Waals surface area contributed by atoms with Gasteiger partial charge in [-0.25, -0.2) is 4.39 Å². The molecule has 0 radical (unpaired) electrons. The van der Waals surface area contributed by atoms with Crippen LogP contribution < -0.4 is 0 Å². The molecule has 1 aromatic heterocycles. The third kappa shape index (κ3) is 3.01. The summed E-state index contributed by atoms with van der Waals surface area (Å²) in [6.45, 7) is 1.79. The van der Waals surface area contributed by atoms with Gasteiger partial charge in [0, 0.05) is 24.7 Å². The average Bonchev–Trinajstić information content (AvgIpc) is 2.86. The maximum Gasteiger partial charge on any atom is 0.141 e. The summed E-state index contributed by atoms with van der Waals surface area (Å²) in [6, 6.07) is 2.02. The van der Waals surface area contributed by atoms with E-state index < -0.39 is 0 Å². The first kappa shape index (κ1) is 14.0. The molecule has 110 valence electrons. The number of aromatic nitrogens is 1. The van der Waals surface area contributed by atoms with Crippen molar-refractivity contribution in [2.75, 3.05) is 6.54 Å². The third-order valence-electron chi connectivity index (χ3n) is 4.84. The lowest BCUT2D eigenvalue weighted by Crippen LogP contribution is -2.45. The highest BCUT2D eigenvalue weighted by Gasteiger charge is 2.36. The molecule has 3 rings (SSSR count). The van der Waals surface area contributed by atoms with Gasteiger partial charge in [-0.15, -0.1) is 0 Å². The SMILES string of the molecule is OC1CCCC1C1CCCCN1Cc1cncc(F)c1. The predicted molar refractivity (Wildman–Crippen MR) is 75.6 cm³/mol. The number of hydrogen-bond acceptors (Lipinski definition) is 3. The minimum atomic E-state index is -0.267. The fourth-order valence-corrected chi connectivity index (χ4v) is 3.89. The van der Waals surface area contributed by atoms with E-state index in [2.05, 4.69) is 9.88 Å². The Kier molecular flexibility index (Phi) is 4.32. The molecule has 3 atom stereocenters. The number of likely N-dealkylation sites (tertiary alicyclic amines) is 1. The number of nitrogens with zero attached hydrogens (tertiary/aromatic N) is 2. The van der Waals surface area contributed by atoms with E-state index in [0.717, 1.165) is 44.3 Å². The number of aliphatic hydroxyl groups excluding tert-OH is 1. The Morgan fingerprint density at radius 1 is 1.20 bits per heavy atom. The van der Waals surface area contributed by atoms with E-state index in [9.17, 15) is 9.50 Å². The van der Waals surface area contributed by atoms with Gasteiger partial charge < -0.3 is 5.11 Å². The van der Waals surface area contributed by atoms with Gasteiger partial charge in [0.25, 0.3) is 0 Å². The second-order valence-corrected chi connectivity index (χ2v) is 6.21. The summed E-state index contributed by atoms with van der Waals surface area (Å²) in [5.74, 6) is 0.133. The second kappa shape index (κ2) is 6.19. The molecule has 1 saturated heterocycles. The highest BCUT2D eigenvalue weighted by atomic mass is 19.1. The van der Waals surface area contributed by atoms with Crippen molar-refractivity contribution in [1.29, 1.82) is 0 Å². The van der Waals surface area contributed by atoms with Gasteiger partial charge in [-0.05, 0) is 43.9 Å². The van der Waals surface area contributed by atoms with Crippen molar-refractivity contribution in [3.05, 3.63) is 29.8 Å². The van der Waals surface area contributed by atoms with E-state index >= 15 is 0 Å². The lowest BCUT2D eigenvalue weighted by Gasteiger charge is -2.40. The first-order valence-electron chi connectivity index (χ1n) is 7.75. The molecule has 1 saturated carbocycles. The number of rotatable bonds is 3. The molecule has 2 fully saturated rings. The van der Waals surface area contributed by atoms with Crippen LogP contribution in [0.25, 0.3) is 0 Å². The Bertz CT molecular complexity index is 454. The highest BCUT2D eigenvalue weighted by Crippen LogP contribution is 2.35. The van der Waals surface area contributed by atoms with Crippen LogP contribution in [0.15, 0.2) is 18.5 Å². The van der Waals surface area contributed by atoms with Crippen LogP contribution in [-0.4, -0.2) is 33.7 Å². The van der Waals surface area contributed by atoms with Crippen LogP contribution in [0.1, 0.15) is 44.1 Å². The lowest BCUT2D eigenvalue weighted by atomic mass is 9.87. The molecular formula is C16H23FN2O. The molecule has 4 heteroatoms. The Labute approximate surface area is 119 Å². The molecule has 1 N–H and O–H groups in total. The number of piperidine rings is 1. The summed E-state index contributed by atoms with van der Waals surface area (Å²) in [7, 11) is 0. The van der Waals surface area contributed by atoms with Crippen LogP contribution >= 0.6 is 0 Å². The first-order valence-corrected chi connectivity index (χ1v) is 7.75. The van der Waals surface area contributed by atoms with E-state index in [1.165, 1.54) is 19.0 Å². The van der Waals surface area contributed by atoms with Crippen molar-refractivity contribution in [2.45, 2.75) is 57.2 Å². The normalized spacial score (nSPS) is 31.6. The smallest absolute Gasteiger partial charge is 0.141 e. The van der Waals surface area contributed by atoms with Crippen molar-refractivity contribution in [3.63, 3.8) is 0 Å². The fourth-order valence-electron chi connectivity index (χ4n) is 3.89. The Hall–Kier alpha value is -1.00. The summed E-state index contributed by atoms with van der Waals surface area (Å²) in [4.78, 5) is 6.37. The third-order valence-corrected chi connectivity index (χ3v) is 4.84. The topological polar surface area (TPSA) is 36.4 Å². The van der Waals surface area contributed by atoms with E-state index in [1.807, 2.05) is 0 Å². The van der Waals surface area contributed by atoms with Gasteiger partial charge in [0.2, 0.25) is 0 Å². The van der Waals surface area contributed by atoms with Gasteiger partial charge in [0.15, 0.2) is 0 Å². The molecule has 0 spiro atoms. The maximum atomic E-state index is 13.3. The van der Waals surface area contributed by atoms with Crippen molar-refractivity contribution in [1.82, 2.24) is 9.88 Å². The van der Waals surface area contributed by atoms with Crippen LogP contribution in [0.5, 0.6) is 0 Å². The minimum absolute atomic E-state index is 0.147. The largest absolute Gasteiger partial charge is 0.393 e. The number of hydrogen-bond donors (Lipinski definition) is 1. The zero-order valence-electron chi connectivity index (χ0n) is 11.8. The number of pyridine rings is 1. The molecule has 0 bridgehead atoms. The van der Waals surface area contributed by atoms with E-state index in [4.69, 9.17) is 0 Å². The zero-order valence-corrected chi connectivity index (χ0v) is 11.8. The Morgan fingerprint density at radius 3 is 2.85 bits per heavy atom. The number of aliphatic hydroxyl groups is 1. The molecule has 3 unspecified atom stereocenters. The Morgan fingerprint density at radius 2 is 2.10 bits per heavy atom. The quantitative estimate of drug-likeness (QED) is 0.923. The van der Waals surface area contributed by atoms with Crippen molar-refractivity contribution >= 4 is 0 Å². The standard InChI is InChI=1S/C16H23FN2O/c17-13-8-12(9-18-10-13)11-19-7-2-1-5-15(19)14-4-3-6-16(14)20/h8-10,14-16,20H,1-7,11H2. The summed E-state index contributed by atoms with van der Waals surface area (Å²) in [5, 5.41) is 10.2. The minimum Gasteiger partial charge on any atom is -0.393 e. The van der Waals surface area contributed by atoms with E-state index in [-0.39, 0.29) is 11.9 Å². The molecule has 0 amide bonds. The van der Waals surface area contributed by atoms with Crippen molar-refractivity contribution in [2.24, 2.45) is 5.92 Å². The van der Waals surface area contributed by atoms with Crippen LogP contribution in [0, 0.1) is 11.7 Å². The molecule has 1 aromatic rings. The average molecular weight is 278 g/mol. The molecule has 2 heterocycles. The molecular weight excluding hydrogens is 255 g/mol. The molecule has 3 nitrogen and oxygen atoms in total. The molecule has 0 aromatic carbocycles. The summed E-state index contributed by atoms with van der Waals surface area (Å²) < 4.78 is 13.3.